The number of ether oxygens (including phenoxy) is 1. The van der Waals surface area contributed by atoms with E-state index in [1.165, 1.54) is 12.8 Å². The van der Waals surface area contributed by atoms with Gasteiger partial charge >= 0.3 is 0 Å². The predicted molar refractivity (Wildman–Crippen MR) is 82.3 cm³/mol. The Bertz CT molecular complexity index is 405. The van der Waals surface area contributed by atoms with Gasteiger partial charge in [-0.3, -0.25) is 9.59 Å². The molecule has 2 amide bonds. The van der Waals surface area contributed by atoms with Gasteiger partial charge in [-0.25, -0.2) is 0 Å². The van der Waals surface area contributed by atoms with Crippen molar-refractivity contribution < 1.29 is 14.3 Å². The largest absolute Gasteiger partial charge is 0.378 e. The van der Waals surface area contributed by atoms with Crippen molar-refractivity contribution in [2.75, 3.05) is 45.9 Å². The Morgan fingerprint density at radius 1 is 1.05 bits per heavy atom. The van der Waals surface area contributed by atoms with Gasteiger partial charge in [-0.2, -0.15) is 0 Å². The molecular weight excluding hydrogens is 282 g/mol. The quantitative estimate of drug-likeness (QED) is 0.789. The van der Waals surface area contributed by atoms with Crippen LogP contribution in [0.25, 0.3) is 0 Å². The third-order valence-corrected chi connectivity index (χ3v) is 4.84. The number of carbonyl (C=O) groups excluding carboxylic acids is 2. The van der Waals surface area contributed by atoms with Crippen LogP contribution in [-0.2, 0) is 14.3 Å². The SMILES string of the molecule is O=C(C1CCCCN1C(=O)CNCC1CC1)N1CCOCC1. The lowest BCUT2D eigenvalue weighted by atomic mass is 10.0. The maximum atomic E-state index is 12.7. The molecule has 1 atom stereocenters. The number of nitrogens with one attached hydrogen (secondary N) is 1. The van der Waals surface area contributed by atoms with Gasteiger partial charge in [0.2, 0.25) is 11.8 Å². The first kappa shape index (κ1) is 15.7. The lowest BCUT2D eigenvalue weighted by Crippen LogP contribution is -2.56. The van der Waals surface area contributed by atoms with Crippen molar-refractivity contribution in [2.24, 2.45) is 5.92 Å². The average Bonchev–Trinajstić information content (AvgIpc) is 3.39. The maximum Gasteiger partial charge on any atom is 0.245 e. The van der Waals surface area contributed by atoms with Crippen molar-refractivity contribution >= 4 is 11.8 Å². The monoisotopic (exact) mass is 309 g/mol. The Hall–Kier alpha value is -1.14. The van der Waals surface area contributed by atoms with Gasteiger partial charge in [0.25, 0.3) is 0 Å². The third kappa shape index (κ3) is 3.98. The van der Waals surface area contributed by atoms with E-state index in [-0.39, 0.29) is 17.9 Å². The smallest absolute Gasteiger partial charge is 0.245 e. The van der Waals surface area contributed by atoms with Crippen LogP contribution in [0.2, 0.25) is 0 Å². The Morgan fingerprint density at radius 2 is 1.82 bits per heavy atom. The van der Waals surface area contributed by atoms with Gasteiger partial charge < -0.3 is 19.9 Å². The first-order valence-corrected chi connectivity index (χ1v) is 8.62. The van der Waals surface area contributed by atoms with E-state index in [0.29, 0.717) is 39.4 Å². The minimum absolute atomic E-state index is 0.0759. The second-order valence-corrected chi connectivity index (χ2v) is 6.61. The Labute approximate surface area is 132 Å². The summed E-state index contributed by atoms with van der Waals surface area (Å²) in [5.41, 5.74) is 0. The minimum Gasteiger partial charge on any atom is -0.378 e. The Kier molecular flexibility index (Phi) is 5.31. The lowest BCUT2D eigenvalue weighted by Gasteiger charge is -2.38. The molecule has 0 aromatic rings. The van der Waals surface area contributed by atoms with Crippen LogP contribution in [0.15, 0.2) is 0 Å². The molecule has 1 N–H and O–H groups in total. The molecule has 3 fully saturated rings. The molecule has 1 aliphatic carbocycles. The lowest BCUT2D eigenvalue weighted by molar-refractivity contribution is -0.149. The zero-order chi connectivity index (χ0) is 15.4. The van der Waals surface area contributed by atoms with Gasteiger partial charge in [0, 0.05) is 19.6 Å². The summed E-state index contributed by atoms with van der Waals surface area (Å²) in [6.45, 7) is 4.52. The summed E-state index contributed by atoms with van der Waals surface area (Å²) in [4.78, 5) is 28.8. The van der Waals surface area contributed by atoms with E-state index in [1.807, 2.05) is 4.90 Å². The fourth-order valence-corrected chi connectivity index (χ4v) is 3.29. The van der Waals surface area contributed by atoms with Crippen LogP contribution < -0.4 is 5.32 Å². The van der Waals surface area contributed by atoms with Gasteiger partial charge in [0.15, 0.2) is 0 Å². The number of rotatable bonds is 5. The minimum atomic E-state index is -0.262. The summed E-state index contributed by atoms with van der Waals surface area (Å²) in [6.07, 6.45) is 5.39. The highest BCUT2D eigenvalue weighted by atomic mass is 16.5. The Morgan fingerprint density at radius 3 is 2.55 bits per heavy atom. The predicted octanol–water partition coefficient (Wildman–Crippen LogP) is 0.226. The fourth-order valence-electron chi connectivity index (χ4n) is 3.29. The number of amides is 2. The van der Waals surface area contributed by atoms with Crippen LogP contribution in [-0.4, -0.2) is 73.6 Å². The Balaban J connectivity index is 1.54. The van der Waals surface area contributed by atoms with Crippen LogP contribution in [0.4, 0.5) is 0 Å². The van der Waals surface area contributed by atoms with E-state index in [0.717, 1.165) is 31.7 Å². The van der Waals surface area contributed by atoms with E-state index < -0.39 is 0 Å². The summed E-state index contributed by atoms with van der Waals surface area (Å²) in [5, 5.41) is 3.25. The molecule has 2 heterocycles. The summed E-state index contributed by atoms with van der Waals surface area (Å²) in [6, 6.07) is -0.262. The topological polar surface area (TPSA) is 61.9 Å². The van der Waals surface area contributed by atoms with Crippen molar-refractivity contribution in [1.29, 1.82) is 0 Å². The number of nitrogens with zero attached hydrogens (tertiary/aromatic N) is 2. The summed E-state index contributed by atoms with van der Waals surface area (Å²) in [5.74, 6) is 0.949. The van der Waals surface area contributed by atoms with Crippen LogP contribution in [0.1, 0.15) is 32.1 Å². The fraction of sp³-hybridized carbons (Fsp3) is 0.875. The van der Waals surface area contributed by atoms with Gasteiger partial charge in [0.05, 0.1) is 19.8 Å². The third-order valence-electron chi connectivity index (χ3n) is 4.84. The zero-order valence-corrected chi connectivity index (χ0v) is 13.3. The molecule has 124 valence electrons. The van der Waals surface area contributed by atoms with Crippen LogP contribution in [0.5, 0.6) is 0 Å². The van der Waals surface area contributed by atoms with Crippen LogP contribution in [0, 0.1) is 5.92 Å². The first-order valence-electron chi connectivity index (χ1n) is 8.62. The molecule has 2 aliphatic heterocycles. The second-order valence-electron chi connectivity index (χ2n) is 6.61. The maximum absolute atomic E-state index is 12.7. The highest BCUT2D eigenvalue weighted by Gasteiger charge is 2.35. The van der Waals surface area contributed by atoms with E-state index in [1.54, 1.807) is 4.90 Å². The molecule has 0 bridgehead atoms. The van der Waals surface area contributed by atoms with Crippen LogP contribution in [0.3, 0.4) is 0 Å². The van der Waals surface area contributed by atoms with E-state index in [2.05, 4.69) is 5.32 Å². The molecular formula is C16H27N3O3. The van der Waals surface area contributed by atoms with Crippen molar-refractivity contribution in [3.8, 4) is 0 Å². The van der Waals surface area contributed by atoms with Gasteiger partial charge in [-0.05, 0) is 44.6 Å². The highest BCUT2D eigenvalue weighted by molar-refractivity contribution is 5.88. The van der Waals surface area contributed by atoms with Crippen molar-refractivity contribution in [3.05, 3.63) is 0 Å². The molecule has 6 heteroatoms. The molecule has 0 spiro atoms. The zero-order valence-electron chi connectivity index (χ0n) is 13.3. The van der Waals surface area contributed by atoms with Gasteiger partial charge in [-0.15, -0.1) is 0 Å². The summed E-state index contributed by atoms with van der Waals surface area (Å²) in [7, 11) is 0. The van der Waals surface area contributed by atoms with Crippen molar-refractivity contribution in [1.82, 2.24) is 15.1 Å². The molecule has 0 radical (unpaired) electrons. The average molecular weight is 309 g/mol. The van der Waals surface area contributed by atoms with E-state index in [4.69, 9.17) is 4.74 Å². The molecule has 0 aromatic heterocycles. The van der Waals surface area contributed by atoms with E-state index in [9.17, 15) is 9.59 Å². The molecule has 6 nitrogen and oxygen atoms in total. The number of carbonyl (C=O) groups is 2. The highest BCUT2D eigenvalue weighted by Crippen LogP contribution is 2.27. The normalized spacial score (nSPS) is 26.1. The van der Waals surface area contributed by atoms with Gasteiger partial charge in [0.1, 0.15) is 6.04 Å². The molecule has 1 saturated carbocycles. The molecule has 1 unspecified atom stereocenters. The standard InChI is InChI=1S/C16H27N3O3/c20-15(12-17-11-13-4-5-13)19-6-2-1-3-14(19)16(21)18-7-9-22-10-8-18/h13-14,17H,1-12H2. The number of hydrogen-bond acceptors (Lipinski definition) is 4. The summed E-state index contributed by atoms with van der Waals surface area (Å²) >= 11 is 0. The van der Waals surface area contributed by atoms with Crippen LogP contribution >= 0.6 is 0 Å². The molecule has 0 aromatic carbocycles. The summed E-state index contributed by atoms with van der Waals surface area (Å²) < 4.78 is 5.31. The second kappa shape index (κ2) is 7.42. The van der Waals surface area contributed by atoms with Gasteiger partial charge in [-0.1, -0.05) is 0 Å². The number of piperidine rings is 1. The first-order chi connectivity index (χ1) is 10.8. The number of morpholine rings is 1. The molecule has 2 saturated heterocycles. The van der Waals surface area contributed by atoms with E-state index >= 15 is 0 Å². The molecule has 3 rings (SSSR count). The number of likely N-dealkylation sites (tertiary alicyclic amines) is 1. The number of hydrogen-bond donors (Lipinski definition) is 1. The molecule has 22 heavy (non-hydrogen) atoms. The van der Waals surface area contributed by atoms with Crippen molar-refractivity contribution in [2.45, 2.75) is 38.1 Å². The van der Waals surface area contributed by atoms with Crippen molar-refractivity contribution in [3.63, 3.8) is 0 Å². The molecule has 3 aliphatic rings.